The van der Waals surface area contributed by atoms with Crippen LogP contribution in [0.25, 0.3) is 23.0 Å². The minimum atomic E-state index is -4.41. The van der Waals surface area contributed by atoms with Gasteiger partial charge >= 0.3 is 6.18 Å². The maximum atomic E-state index is 12.7. The maximum Gasteiger partial charge on any atom is 0.416 e. The summed E-state index contributed by atoms with van der Waals surface area (Å²) >= 11 is 0. The third-order valence-electron chi connectivity index (χ3n) is 4.95. The van der Waals surface area contributed by atoms with Crippen LogP contribution in [0.4, 0.5) is 18.9 Å². The van der Waals surface area contributed by atoms with Gasteiger partial charge < -0.3 is 14.6 Å². The van der Waals surface area contributed by atoms with Crippen molar-refractivity contribution in [3.8, 4) is 34.5 Å². The molecule has 180 valence electrons. The average Bonchev–Trinajstić information content (AvgIpc) is 3.54. The van der Waals surface area contributed by atoms with E-state index in [0.717, 1.165) is 12.1 Å². The molecule has 1 amide bonds. The van der Waals surface area contributed by atoms with Gasteiger partial charge in [0.25, 0.3) is 11.8 Å². The van der Waals surface area contributed by atoms with E-state index in [9.17, 15) is 18.0 Å². The molecule has 0 unspecified atom stereocenters. The molecule has 9 nitrogen and oxygen atoms in total. The number of nitrogens with one attached hydrogen (secondary N) is 2. The fourth-order valence-corrected chi connectivity index (χ4v) is 3.19. The second-order valence-corrected chi connectivity index (χ2v) is 7.40. The van der Waals surface area contributed by atoms with Crippen LogP contribution in [0.5, 0.6) is 11.5 Å². The first kappa shape index (κ1) is 22.8. The number of alkyl halides is 3. The molecule has 2 aromatic carbocycles. The van der Waals surface area contributed by atoms with Crippen LogP contribution in [0, 0.1) is 0 Å². The molecule has 5 rings (SSSR count). The molecular formula is C24H15F3N6O3. The van der Waals surface area contributed by atoms with Crippen molar-refractivity contribution >= 4 is 11.6 Å². The molecule has 0 bridgehead atoms. The van der Waals surface area contributed by atoms with Gasteiger partial charge in [-0.05, 0) is 60.7 Å². The molecule has 0 aliphatic heterocycles. The van der Waals surface area contributed by atoms with Crippen LogP contribution in [0.1, 0.15) is 16.1 Å². The van der Waals surface area contributed by atoms with E-state index >= 15 is 0 Å². The Hall–Kier alpha value is -5.00. The van der Waals surface area contributed by atoms with E-state index in [0.29, 0.717) is 22.7 Å². The number of aromatic amines is 1. The lowest BCUT2D eigenvalue weighted by Gasteiger charge is -2.09. The highest BCUT2D eigenvalue weighted by Gasteiger charge is 2.30. The zero-order valence-electron chi connectivity index (χ0n) is 18.2. The van der Waals surface area contributed by atoms with E-state index in [1.54, 1.807) is 42.5 Å². The van der Waals surface area contributed by atoms with E-state index < -0.39 is 17.6 Å². The summed E-state index contributed by atoms with van der Waals surface area (Å²) in [5.74, 6) is 0.612. The van der Waals surface area contributed by atoms with Gasteiger partial charge in [0.1, 0.15) is 22.9 Å². The standard InChI is InChI=1S/C24H15F3N6O3/c25-24(26,27)15-6-10-17(11-7-15)35-16-8-4-14(5-9-16)21-31-23(36-33-21)20-19(13-29-32-20)30-22(34)18-3-1-2-12-28-18/h1-13H,(H,29,32)(H,30,34). The molecule has 36 heavy (non-hydrogen) atoms. The molecule has 0 aliphatic carbocycles. The summed E-state index contributed by atoms with van der Waals surface area (Å²) in [5.41, 5.74) is 0.731. The summed E-state index contributed by atoms with van der Waals surface area (Å²) in [4.78, 5) is 20.8. The predicted octanol–water partition coefficient (Wildman–Crippen LogP) is 5.59. The Labute approximate surface area is 201 Å². The van der Waals surface area contributed by atoms with Gasteiger partial charge in [0, 0.05) is 11.8 Å². The topological polar surface area (TPSA) is 119 Å². The van der Waals surface area contributed by atoms with Crippen molar-refractivity contribution in [1.29, 1.82) is 0 Å². The zero-order chi connectivity index (χ0) is 25.1. The summed E-state index contributed by atoms with van der Waals surface area (Å²) in [6.45, 7) is 0. The quantitative estimate of drug-likeness (QED) is 0.317. The van der Waals surface area contributed by atoms with Crippen LogP contribution in [0.2, 0.25) is 0 Å². The number of rotatable bonds is 6. The lowest BCUT2D eigenvalue weighted by molar-refractivity contribution is -0.137. The smallest absolute Gasteiger partial charge is 0.416 e. The number of hydrogen-bond acceptors (Lipinski definition) is 7. The summed E-state index contributed by atoms with van der Waals surface area (Å²) in [5, 5.41) is 13.3. The van der Waals surface area contributed by atoms with Gasteiger partial charge in [0.15, 0.2) is 0 Å². The monoisotopic (exact) mass is 492 g/mol. The first-order chi connectivity index (χ1) is 17.4. The van der Waals surface area contributed by atoms with Crippen molar-refractivity contribution in [2.45, 2.75) is 6.18 Å². The molecule has 0 saturated heterocycles. The molecular weight excluding hydrogens is 477 g/mol. The molecule has 2 N–H and O–H groups in total. The number of H-pyrrole nitrogens is 1. The molecule has 3 heterocycles. The number of aromatic nitrogens is 5. The van der Waals surface area contributed by atoms with Crippen LogP contribution >= 0.6 is 0 Å². The highest BCUT2D eigenvalue weighted by atomic mass is 19.4. The number of hydrogen-bond donors (Lipinski definition) is 2. The molecule has 5 aromatic rings. The number of nitrogens with zero attached hydrogens (tertiary/aromatic N) is 4. The first-order valence-electron chi connectivity index (χ1n) is 10.4. The third-order valence-corrected chi connectivity index (χ3v) is 4.95. The Kier molecular flexibility index (Phi) is 5.90. The van der Waals surface area contributed by atoms with Gasteiger partial charge in [-0.1, -0.05) is 11.2 Å². The van der Waals surface area contributed by atoms with Gasteiger partial charge in [-0.15, -0.1) is 0 Å². The second-order valence-electron chi connectivity index (χ2n) is 7.40. The van der Waals surface area contributed by atoms with Crippen LogP contribution in [-0.4, -0.2) is 31.2 Å². The van der Waals surface area contributed by atoms with Crippen LogP contribution in [0.15, 0.2) is 83.6 Å². The molecule has 0 saturated carbocycles. The van der Waals surface area contributed by atoms with Gasteiger partial charge in [-0.25, -0.2) is 0 Å². The van der Waals surface area contributed by atoms with Crippen molar-refractivity contribution < 1.29 is 27.2 Å². The number of benzene rings is 2. The average molecular weight is 492 g/mol. The van der Waals surface area contributed by atoms with E-state index in [1.807, 2.05) is 0 Å². The maximum absolute atomic E-state index is 12.7. The molecule has 12 heteroatoms. The van der Waals surface area contributed by atoms with Gasteiger partial charge in [0.2, 0.25) is 5.82 Å². The highest BCUT2D eigenvalue weighted by molar-refractivity contribution is 6.04. The summed E-state index contributed by atoms with van der Waals surface area (Å²) in [7, 11) is 0. The van der Waals surface area contributed by atoms with Gasteiger partial charge in [-0.3, -0.25) is 14.9 Å². The molecule has 0 fully saturated rings. The van der Waals surface area contributed by atoms with Gasteiger partial charge in [0.05, 0.1) is 17.4 Å². The Morgan fingerprint density at radius 1 is 0.972 bits per heavy atom. The largest absolute Gasteiger partial charge is 0.457 e. The van der Waals surface area contributed by atoms with Gasteiger partial charge in [-0.2, -0.15) is 23.3 Å². The first-order valence-corrected chi connectivity index (χ1v) is 10.4. The number of ether oxygens (including phenoxy) is 1. The lowest BCUT2D eigenvalue weighted by Crippen LogP contribution is -2.13. The number of halogens is 3. The Morgan fingerprint density at radius 3 is 2.36 bits per heavy atom. The van der Waals surface area contributed by atoms with E-state index in [-0.39, 0.29) is 23.2 Å². The normalized spacial score (nSPS) is 11.3. The van der Waals surface area contributed by atoms with Crippen molar-refractivity contribution in [1.82, 2.24) is 25.3 Å². The van der Waals surface area contributed by atoms with E-state index in [1.165, 1.54) is 24.5 Å². The second kappa shape index (κ2) is 9.33. The molecule has 3 aromatic heterocycles. The minimum Gasteiger partial charge on any atom is -0.457 e. The Morgan fingerprint density at radius 2 is 1.69 bits per heavy atom. The number of carbonyl (C=O) groups excluding carboxylic acids is 1. The fourth-order valence-electron chi connectivity index (χ4n) is 3.19. The molecule has 0 spiro atoms. The summed E-state index contributed by atoms with van der Waals surface area (Å²) in [6.07, 6.45) is -1.49. The summed E-state index contributed by atoms with van der Waals surface area (Å²) < 4.78 is 49.0. The fraction of sp³-hybridized carbons (Fsp3) is 0.0417. The Bertz CT molecular complexity index is 1480. The lowest BCUT2D eigenvalue weighted by atomic mass is 10.2. The third kappa shape index (κ3) is 4.92. The van der Waals surface area contributed by atoms with Crippen molar-refractivity contribution in [3.63, 3.8) is 0 Å². The van der Waals surface area contributed by atoms with Crippen molar-refractivity contribution in [2.75, 3.05) is 5.32 Å². The summed E-state index contributed by atoms with van der Waals surface area (Å²) in [6, 6.07) is 16.0. The predicted molar refractivity (Wildman–Crippen MR) is 121 cm³/mol. The van der Waals surface area contributed by atoms with Crippen LogP contribution < -0.4 is 10.1 Å². The van der Waals surface area contributed by atoms with Crippen LogP contribution in [0.3, 0.4) is 0 Å². The van der Waals surface area contributed by atoms with Crippen molar-refractivity contribution in [3.05, 3.63) is 90.4 Å². The number of amides is 1. The molecule has 0 radical (unpaired) electrons. The number of pyridine rings is 1. The number of carbonyl (C=O) groups is 1. The zero-order valence-corrected chi connectivity index (χ0v) is 18.2. The van der Waals surface area contributed by atoms with E-state index in [2.05, 4.69) is 30.6 Å². The molecule has 0 aliphatic rings. The molecule has 0 atom stereocenters. The Balaban J connectivity index is 1.28. The minimum absolute atomic E-state index is 0.101. The van der Waals surface area contributed by atoms with Crippen molar-refractivity contribution in [2.24, 2.45) is 0 Å². The highest BCUT2D eigenvalue weighted by Crippen LogP contribution is 2.32. The number of anilines is 1. The van der Waals surface area contributed by atoms with E-state index in [4.69, 9.17) is 9.26 Å². The van der Waals surface area contributed by atoms with Crippen LogP contribution in [-0.2, 0) is 6.18 Å². The SMILES string of the molecule is O=C(Nc1cn[nH]c1-c1nc(-c2ccc(Oc3ccc(C(F)(F)F)cc3)cc2)no1)c1ccccn1.